The monoisotopic (exact) mass is 292 g/mol. The summed E-state index contributed by atoms with van der Waals surface area (Å²) in [6.07, 6.45) is 3.01. The van der Waals surface area contributed by atoms with Crippen molar-refractivity contribution in [1.82, 2.24) is 19.9 Å². The summed E-state index contributed by atoms with van der Waals surface area (Å²) < 4.78 is 2.30. The Bertz CT molecular complexity index is 800. The predicted molar refractivity (Wildman–Crippen MR) is 88.0 cm³/mol. The Kier molecular flexibility index (Phi) is 3.39. The van der Waals surface area contributed by atoms with Crippen LogP contribution in [0.2, 0.25) is 0 Å². The van der Waals surface area contributed by atoms with Crippen LogP contribution in [0.5, 0.6) is 0 Å². The molecule has 1 fully saturated rings. The third-order valence-electron chi connectivity index (χ3n) is 4.55. The average Bonchev–Trinajstić information content (AvgIpc) is 3.17. The zero-order valence-electron chi connectivity index (χ0n) is 12.8. The molecule has 1 N–H and O–H groups in total. The standard InChI is InChI=1S/C18H20N4/c1-13-5-2-3-6-15(13)12-22-17(14-8-10-19-11-14)21-16-7-4-9-20-18(16)22/h2-7,9,14,19H,8,10-12H2,1H3. The molecule has 1 atom stereocenters. The predicted octanol–water partition coefficient (Wildman–Crippen LogP) is 2.86. The van der Waals surface area contributed by atoms with Crippen molar-refractivity contribution in [2.75, 3.05) is 13.1 Å². The van der Waals surface area contributed by atoms with Crippen molar-refractivity contribution in [3.63, 3.8) is 0 Å². The molecule has 1 aliphatic heterocycles. The number of fused-ring (bicyclic) bond motifs is 1. The highest BCUT2D eigenvalue weighted by Gasteiger charge is 2.24. The molecule has 4 heteroatoms. The molecule has 0 saturated carbocycles. The van der Waals surface area contributed by atoms with Crippen molar-refractivity contribution in [3.8, 4) is 0 Å². The van der Waals surface area contributed by atoms with E-state index in [1.807, 2.05) is 12.3 Å². The van der Waals surface area contributed by atoms with Crippen molar-refractivity contribution in [1.29, 1.82) is 0 Å². The molecule has 3 aromatic rings. The largest absolute Gasteiger partial charge is 0.316 e. The van der Waals surface area contributed by atoms with E-state index >= 15 is 0 Å². The third kappa shape index (κ3) is 2.29. The van der Waals surface area contributed by atoms with Crippen LogP contribution in [0.25, 0.3) is 11.2 Å². The molecule has 0 bridgehead atoms. The smallest absolute Gasteiger partial charge is 0.160 e. The van der Waals surface area contributed by atoms with Gasteiger partial charge in [0.05, 0.1) is 6.54 Å². The van der Waals surface area contributed by atoms with Crippen molar-refractivity contribution in [2.24, 2.45) is 0 Å². The molecule has 2 aromatic heterocycles. The first-order chi connectivity index (χ1) is 10.8. The molecule has 0 amide bonds. The van der Waals surface area contributed by atoms with Gasteiger partial charge in [0.2, 0.25) is 0 Å². The number of hydrogen-bond acceptors (Lipinski definition) is 3. The van der Waals surface area contributed by atoms with Crippen LogP contribution in [-0.4, -0.2) is 27.6 Å². The fourth-order valence-corrected chi connectivity index (χ4v) is 3.28. The Morgan fingerprint density at radius 3 is 2.95 bits per heavy atom. The van der Waals surface area contributed by atoms with E-state index < -0.39 is 0 Å². The lowest BCUT2D eigenvalue weighted by Gasteiger charge is -2.14. The maximum Gasteiger partial charge on any atom is 0.160 e. The average molecular weight is 292 g/mol. The second-order valence-corrected chi connectivity index (χ2v) is 6.02. The van der Waals surface area contributed by atoms with Gasteiger partial charge < -0.3 is 9.88 Å². The van der Waals surface area contributed by atoms with Gasteiger partial charge in [-0.3, -0.25) is 0 Å². The van der Waals surface area contributed by atoms with E-state index in [1.54, 1.807) is 0 Å². The molecule has 0 aliphatic carbocycles. The Morgan fingerprint density at radius 1 is 1.23 bits per heavy atom. The van der Waals surface area contributed by atoms with Crippen LogP contribution < -0.4 is 5.32 Å². The van der Waals surface area contributed by atoms with Crippen molar-refractivity contribution < 1.29 is 0 Å². The highest BCUT2D eigenvalue weighted by molar-refractivity contribution is 5.71. The first-order valence-corrected chi connectivity index (χ1v) is 7.89. The number of aryl methyl sites for hydroxylation is 1. The Morgan fingerprint density at radius 2 is 2.14 bits per heavy atom. The Hall–Kier alpha value is -2.20. The number of nitrogens with one attached hydrogen (secondary N) is 1. The van der Waals surface area contributed by atoms with E-state index in [0.717, 1.165) is 37.2 Å². The van der Waals surface area contributed by atoms with Crippen molar-refractivity contribution in [2.45, 2.75) is 25.8 Å². The SMILES string of the molecule is Cc1ccccc1Cn1c(C2CCNC2)nc2cccnc21. The number of nitrogens with zero attached hydrogens (tertiary/aromatic N) is 3. The molecule has 1 unspecified atom stereocenters. The summed E-state index contributed by atoms with van der Waals surface area (Å²) in [5.41, 5.74) is 4.64. The summed E-state index contributed by atoms with van der Waals surface area (Å²) in [6, 6.07) is 12.6. The third-order valence-corrected chi connectivity index (χ3v) is 4.55. The number of pyridine rings is 1. The van der Waals surface area contributed by atoms with E-state index in [4.69, 9.17) is 4.98 Å². The van der Waals surface area contributed by atoms with Crippen LogP contribution in [-0.2, 0) is 6.54 Å². The van der Waals surface area contributed by atoms with Gasteiger partial charge >= 0.3 is 0 Å². The van der Waals surface area contributed by atoms with E-state index in [-0.39, 0.29) is 0 Å². The quantitative estimate of drug-likeness (QED) is 0.807. The molecule has 0 radical (unpaired) electrons. The highest BCUT2D eigenvalue weighted by atomic mass is 15.1. The fraction of sp³-hybridized carbons (Fsp3) is 0.333. The minimum Gasteiger partial charge on any atom is -0.316 e. The van der Waals surface area contributed by atoms with Crippen LogP contribution in [0.4, 0.5) is 0 Å². The molecule has 1 aliphatic rings. The highest BCUT2D eigenvalue weighted by Crippen LogP contribution is 2.26. The zero-order chi connectivity index (χ0) is 14.9. The zero-order valence-corrected chi connectivity index (χ0v) is 12.8. The summed E-state index contributed by atoms with van der Waals surface area (Å²) in [7, 11) is 0. The maximum absolute atomic E-state index is 4.88. The molecule has 112 valence electrons. The van der Waals surface area contributed by atoms with E-state index in [1.165, 1.54) is 17.0 Å². The van der Waals surface area contributed by atoms with E-state index in [9.17, 15) is 0 Å². The Balaban J connectivity index is 1.83. The lowest BCUT2D eigenvalue weighted by atomic mass is 10.1. The molecule has 4 rings (SSSR count). The van der Waals surface area contributed by atoms with Crippen molar-refractivity contribution in [3.05, 3.63) is 59.5 Å². The van der Waals surface area contributed by atoms with Crippen LogP contribution in [0.15, 0.2) is 42.6 Å². The van der Waals surface area contributed by atoms with Crippen LogP contribution >= 0.6 is 0 Å². The minimum atomic E-state index is 0.484. The lowest BCUT2D eigenvalue weighted by molar-refractivity contribution is 0.639. The maximum atomic E-state index is 4.88. The minimum absolute atomic E-state index is 0.484. The van der Waals surface area contributed by atoms with Crippen LogP contribution in [0, 0.1) is 6.92 Å². The van der Waals surface area contributed by atoms with E-state index in [0.29, 0.717) is 5.92 Å². The topological polar surface area (TPSA) is 42.7 Å². The van der Waals surface area contributed by atoms with Gasteiger partial charge in [0, 0.05) is 18.7 Å². The van der Waals surface area contributed by atoms with E-state index in [2.05, 4.69) is 52.1 Å². The molecule has 22 heavy (non-hydrogen) atoms. The second-order valence-electron chi connectivity index (χ2n) is 6.02. The van der Waals surface area contributed by atoms with Crippen molar-refractivity contribution >= 4 is 11.2 Å². The summed E-state index contributed by atoms with van der Waals surface area (Å²) in [6.45, 7) is 5.09. The first kappa shape index (κ1) is 13.5. The normalized spacial score (nSPS) is 18.1. The summed E-state index contributed by atoms with van der Waals surface area (Å²) in [5.74, 6) is 1.65. The summed E-state index contributed by atoms with van der Waals surface area (Å²) >= 11 is 0. The number of benzene rings is 1. The first-order valence-electron chi connectivity index (χ1n) is 7.89. The molecule has 3 heterocycles. The fourth-order valence-electron chi connectivity index (χ4n) is 3.28. The van der Waals surface area contributed by atoms with Gasteiger partial charge in [-0.25, -0.2) is 9.97 Å². The van der Waals surface area contributed by atoms with Gasteiger partial charge in [-0.1, -0.05) is 24.3 Å². The summed E-state index contributed by atoms with van der Waals surface area (Å²) in [5, 5.41) is 3.44. The van der Waals surface area contributed by atoms with Gasteiger partial charge in [0.15, 0.2) is 5.65 Å². The molecule has 4 nitrogen and oxygen atoms in total. The number of imidazole rings is 1. The number of hydrogen-bond donors (Lipinski definition) is 1. The molecule has 0 spiro atoms. The van der Waals surface area contributed by atoms with Gasteiger partial charge in [-0.2, -0.15) is 0 Å². The van der Waals surface area contributed by atoms with Crippen LogP contribution in [0.1, 0.15) is 29.3 Å². The molecule has 1 aromatic carbocycles. The van der Waals surface area contributed by atoms with Gasteiger partial charge in [-0.15, -0.1) is 0 Å². The summed E-state index contributed by atoms with van der Waals surface area (Å²) in [4.78, 5) is 9.46. The number of rotatable bonds is 3. The molecular formula is C18H20N4. The van der Waals surface area contributed by atoms with Gasteiger partial charge in [0.1, 0.15) is 11.3 Å². The second kappa shape index (κ2) is 5.54. The number of aromatic nitrogens is 3. The van der Waals surface area contributed by atoms with Crippen LogP contribution in [0.3, 0.4) is 0 Å². The van der Waals surface area contributed by atoms with Gasteiger partial charge in [-0.05, 0) is 43.1 Å². The molecule has 1 saturated heterocycles. The molecular weight excluding hydrogens is 272 g/mol. The lowest BCUT2D eigenvalue weighted by Crippen LogP contribution is -2.14. The Labute approximate surface area is 130 Å². The van der Waals surface area contributed by atoms with Gasteiger partial charge in [0.25, 0.3) is 0 Å².